The first-order valence-electron chi connectivity index (χ1n) is 6.99. The van der Waals surface area contributed by atoms with Crippen LogP contribution in [0.4, 0.5) is 0 Å². The number of aliphatic hydroxyl groups is 1. The molecule has 1 N–H and O–H groups in total. The third-order valence-electron chi connectivity index (χ3n) is 4.18. The number of benzene rings is 1. The molecule has 100 valence electrons. The Morgan fingerprint density at radius 1 is 1.33 bits per heavy atom. The Labute approximate surface area is 111 Å². The Morgan fingerprint density at radius 3 is 2.56 bits per heavy atom. The van der Waals surface area contributed by atoms with Crippen molar-refractivity contribution >= 4 is 0 Å². The lowest BCUT2D eigenvalue weighted by Crippen LogP contribution is -2.38. The van der Waals surface area contributed by atoms with Crippen LogP contribution < -0.4 is 0 Å². The van der Waals surface area contributed by atoms with Gasteiger partial charge in [-0.05, 0) is 37.3 Å². The molecule has 1 aliphatic heterocycles. The summed E-state index contributed by atoms with van der Waals surface area (Å²) in [6.45, 7) is 9.49. The van der Waals surface area contributed by atoms with Gasteiger partial charge in [-0.15, -0.1) is 0 Å². The summed E-state index contributed by atoms with van der Waals surface area (Å²) in [6.07, 6.45) is 1.27. The minimum absolute atomic E-state index is 0.736. The smallest absolute Gasteiger partial charge is 0.0994 e. The molecule has 18 heavy (non-hydrogen) atoms. The van der Waals surface area contributed by atoms with Crippen molar-refractivity contribution in [3.8, 4) is 0 Å². The van der Waals surface area contributed by atoms with Crippen molar-refractivity contribution in [3.63, 3.8) is 0 Å². The van der Waals surface area contributed by atoms with Crippen molar-refractivity contribution in [2.75, 3.05) is 19.6 Å². The first kappa shape index (κ1) is 13.6. The molecule has 1 aromatic carbocycles. The second-order valence-corrected chi connectivity index (χ2v) is 6.17. The summed E-state index contributed by atoms with van der Waals surface area (Å²) in [6, 6.07) is 9.99. The van der Waals surface area contributed by atoms with Crippen LogP contribution in [0.3, 0.4) is 0 Å². The first-order chi connectivity index (χ1) is 8.49. The Balaban J connectivity index is 1.97. The maximum atomic E-state index is 10.6. The number of likely N-dealkylation sites (tertiary alicyclic amines) is 1. The van der Waals surface area contributed by atoms with Crippen molar-refractivity contribution in [1.82, 2.24) is 4.90 Å². The van der Waals surface area contributed by atoms with E-state index < -0.39 is 5.60 Å². The Bertz CT molecular complexity index is 372. The van der Waals surface area contributed by atoms with Gasteiger partial charge >= 0.3 is 0 Å². The number of β-amino-alcohol motifs (C(OH)–C–C–N with tert-alkyl or cyclic N) is 1. The minimum Gasteiger partial charge on any atom is -0.384 e. The third-order valence-corrected chi connectivity index (χ3v) is 4.18. The zero-order valence-corrected chi connectivity index (χ0v) is 11.8. The van der Waals surface area contributed by atoms with Crippen molar-refractivity contribution in [2.45, 2.75) is 32.8 Å². The highest BCUT2D eigenvalue weighted by Gasteiger charge is 2.31. The van der Waals surface area contributed by atoms with Gasteiger partial charge in [0.05, 0.1) is 5.60 Å². The fraction of sp³-hybridized carbons (Fsp3) is 0.625. The highest BCUT2D eigenvalue weighted by Crippen LogP contribution is 2.28. The van der Waals surface area contributed by atoms with Gasteiger partial charge in [-0.3, -0.25) is 4.90 Å². The maximum absolute atomic E-state index is 10.6. The van der Waals surface area contributed by atoms with Gasteiger partial charge in [0.15, 0.2) is 0 Å². The molecule has 2 rings (SSSR count). The van der Waals surface area contributed by atoms with Crippen LogP contribution in [-0.4, -0.2) is 29.6 Å². The summed E-state index contributed by atoms with van der Waals surface area (Å²) in [5, 5.41) is 10.6. The molecule has 1 aromatic rings. The highest BCUT2D eigenvalue weighted by atomic mass is 16.3. The van der Waals surface area contributed by atoms with E-state index in [9.17, 15) is 5.11 Å². The number of hydrogen-bond donors (Lipinski definition) is 1. The molecule has 2 unspecified atom stereocenters. The SMILES string of the molecule is CC(C)C1CCN(CC(C)(O)c2ccccc2)C1. The van der Waals surface area contributed by atoms with Crippen molar-refractivity contribution in [1.29, 1.82) is 0 Å². The van der Waals surface area contributed by atoms with Gasteiger partial charge in [-0.2, -0.15) is 0 Å². The molecule has 0 amide bonds. The van der Waals surface area contributed by atoms with Gasteiger partial charge in [-0.1, -0.05) is 44.2 Å². The minimum atomic E-state index is -0.743. The van der Waals surface area contributed by atoms with Crippen molar-refractivity contribution in [2.24, 2.45) is 11.8 Å². The average molecular weight is 247 g/mol. The fourth-order valence-corrected chi connectivity index (χ4v) is 2.87. The molecule has 0 saturated carbocycles. The van der Waals surface area contributed by atoms with Crippen LogP contribution in [0.15, 0.2) is 30.3 Å². The predicted octanol–water partition coefficient (Wildman–Crippen LogP) is 2.87. The summed E-state index contributed by atoms with van der Waals surface area (Å²) in [7, 11) is 0. The van der Waals surface area contributed by atoms with Gasteiger partial charge in [0.25, 0.3) is 0 Å². The number of nitrogens with zero attached hydrogens (tertiary/aromatic N) is 1. The average Bonchev–Trinajstić information content (AvgIpc) is 2.78. The van der Waals surface area contributed by atoms with Crippen molar-refractivity contribution in [3.05, 3.63) is 35.9 Å². The predicted molar refractivity (Wildman–Crippen MR) is 75.4 cm³/mol. The zero-order valence-electron chi connectivity index (χ0n) is 11.8. The van der Waals surface area contributed by atoms with Crippen molar-refractivity contribution < 1.29 is 5.11 Å². The molecule has 2 heteroatoms. The molecule has 2 atom stereocenters. The fourth-order valence-electron chi connectivity index (χ4n) is 2.87. The third kappa shape index (κ3) is 3.12. The van der Waals surface area contributed by atoms with Gasteiger partial charge in [0.2, 0.25) is 0 Å². The Kier molecular flexibility index (Phi) is 4.08. The molecule has 1 saturated heterocycles. The lowest BCUT2D eigenvalue weighted by Gasteiger charge is -2.29. The summed E-state index contributed by atoms with van der Waals surface area (Å²) in [5.41, 5.74) is 0.269. The van der Waals surface area contributed by atoms with Crippen LogP contribution >= 0.6 is 0 Å². The van der Waals surface area contributed by atoms with Gasteiger partial charge < -0.3 is 5.11 Å². The van der Waals surface area contributed by atoms with Crippen LogP contribution in [0.5, 0.6) is 0 Å². The van der Waals surface area contributed by atoms with E-state index in [4.69, 9.17) is 0 Å². The first-order valence-corrected chi connectivity index (χ1v) is 6.99. The molecule has 1 aliphatic rings. The quantitative estimate of drug-likeness (QED) is 0.884. The standard InChI is InChI=1S/C16H25NO/c1-13(2)14-9-10-17(11-14)12-16(3,18)15-7-5-4-6-8-15/h4-8,13-14,18H,9-12H2,1-3H3. The lowest BCUT2D eigenvalue weighted by molar-refractivity contribution is 0.0212. The Hall–Kier alpha value is -0.860. The second kappa shape index (κ2) is 5.41. The number of hydrogen-bond acceptors (Lipinski definition) is 2. The molecule has 0 bridgehead atoms. The van der Waals surface area contributed by atoms with Gasteiger partial charge in [0.1, 0.15) is 0 Å². The van der Waals surface area contributed by atoms with Gasteiger partial charge in [-0.25, -0.2) is 0 Å². The van der Waals surface area contributed by atoms with E-state index in [0.29, 0.717) is 0 Å². The van der Waals surface area contributed by atoms with E-state index in [1.807, 2.05) is 37.3 Å². The second-order valence-electron chi connectivity index (χ2n) is 6.17. The van der Waals surface area contributed by atoms with E-state index in [2.05, 4.69) is 18.7 Å². The van der Waals surface area contributed by atoms with Crippen LogP contribution in [0, 0.1) is 11.8 Å². The zero-order chi connectivity index (χ0) is 13.2. The summed E-state index contributed by atoms with van der Waals surface area (Å²) >= 11 is 0. The maximum Gasteiger partial charge on any atom is 0.0994 e. The largest absolute Gasteiger partial charge is 0.384 e. The van der Waals surface area contributed by atoms with E-state index in [0.717, 1.165) is 37.0 Å². The van der Waals surface area contributed by atoms with E-state index in [1.165, 1.54) is 6.42 Å². The highest BCUT2D eigenvalue weighted by molar-refractivity contribution is 5.21. The van der Waals surface area contributed by atoms with E-state index in [-0.39, 0.29) is 0 Å². The van der Waals surface area contributed by atoms with Gasteiger partial charge in [0, 0.05) is 13.1 Å². The monoisotopic (exact) mass is 247 g/mol. The number of rotatable bonds is 4. The van der Waals surface area contributed by atoms with Crippen LogP contribution in [0.2, 0.25) is 0 Å². The van der Waals surface area contributed by atoms with Crippen LogP contribution in [0.1, 0.15) is 32.8 Å². The summed E-state index contributed by atoms with van der Waals surface area (Å²) < 4.78 is 0. The summed E-state index contributed by atoms with van der Waals surface area (Å²) in [4.78, 5) is 2.40. The molecule has 0 radical (unpaired) electrons. The van der Waals surface area contributed by atoms with E-state index >= 15 is 0 Å². The molecule has 1 heterocycles. The summed E-state index contributed by atoms with van der Waals surface area (Å²) in [5.74, 6) is 1.54. The molecule has 0 aliphatic carbocycles. The molecule has 1 fully saturated rings. The van der Waals surface area contributed by atoms with Crippen LogP contribution in [-0.2, 0) is 5.60 Å². The molecular formula is C16H25NO. The Morgan fingerprint density at radius 2 is 2.00 bits per heavy atom. The normalized spacial score (nSPS) is 24.4. The lowest BCUT2D eigenvalue weighted by atomic mass is 9.94. The molecular weight excluding hydrogens is 222 g/mol. The molecule has 2 nitrogen and oxygen atoms in total. The molecule has 0 spiro atoms. The van der Waals surface area contributed by atoms with Crippen LogP contribution in [0.25, 0.3) is 0 Å². The molecule has 0 aromatic heterocycles. The van der Waals surface area contributed by atoms with E-state index in [1.54, 1.807) is 0 Å². The topological polar surface area (TPSA) is 23.5 Å².